The highest BCUT2D eigenvalue weighted by Crippen LogP contribution is 2.25. The highest BCUT2D eigenvalue weighted by atomic mass is 35.5. The van der Waals surface area contributed by atoms with E-state index in [-0.39, 0.29) is 17.5 Å². The summed E-state index contributed by atoms with van der Waals surface area (Å²) in [5.74, 6) is -1.60. The zero-order valence-corrected chi connectivity index (χ0v) is 13.1. The number of nitrogens with zero attached hydrogens (tertiary/aromatic N) is 1. The SMILES string of the molecule is Cn1ccc(C(=O)N[C@@H](CC(=O)O)c2ccccc2Cl)cc1=O. The van der Waals surface area contributed by atoms with Gasteiger partial charge in [-0.2, -0.15) is 0 Å². The van der Waals surface area contributed by atoms with E-state index in [9.17, 15) is 14.4 Å². The molecule has 0 aliphatic carbocycles. The summed E-state index contributed by atoms with van der Waals surface area (Å²) in [5, 5.41) is 12.0. The third-order valence-corrected chi connectivity index (χ3v) is 3.68. The van der Waals surface area contributed by atoms with Crippen molar-refractivity contribution in [2.24, 2.45) is 7.05 Å². The number of aryl methyl sites for hydroxylation is 1. The molecule has 2 aromatic rings. The third kappa shape index (κ3) is 4.20. The first-order valence-corrected chi connectivity index (χ1v) is 7.20. The molecule has 0 bridgehead atoms. The quantitative estimate of drug-likeness (QED) is 0.875. The Morgan fingerprint density at radius 3 is 2.61 bits per heavy atom. The molecule has 0 aliphatic rings. The Kier molecular flexibility index (Phi) is 5.18. The molecular weight excluding hydrogens is 320 g/mol. The number of halogens is 1. The third-order valence-electron chi connectivity index (χ3n) is 3.33. The van der Waals surface area contributed by atoms with Crippen LogP contribution in [0.4, 0.5) is 0 Å². The van der Waals surface area contributed by atoms with E-state index in [0.29, 0.717) is 10.6 Å². The number of nitrogens with one attached hydrogen (secondary N) is 1. The maximum Gasteiger partial charge on any atom is 0.305 e. The minimum absolute atomic E-state index is 0.163. The number of carbonyl (C=O) groups is 2. The van der Waals surface area contributed by atoms with Gasteiger partial charge in [-0.1, -0.05) is 29.8 Å². The number of carboxylic acid groups (broad SMARTS) is 1. The van der Waals surface area contributed by atoms with Crippen LogP contribution in [0.5, 0.6) is 0 Å². The smallest absolute Gasteiger partial charge is 0.305 e. The van der Waals surface area contributed by atoms with E-state index in [0.717, 1.165) is 0 Å². The summed E-state index contributed by atoms with van der Waals surface area (Å²) in [6.07, 6.45) is 1.15. The first kappa shape index (κ1) is 16.8. The van der Waals surface area contributed by atoms with E-state index in [2.05, 4.69) is 5.32 Å². The van der Waals surface area contributed by atoms with Gasteiger partial charge in [0.15, 0.2) is 0 Å². The summed E-state index contributed by atoms with van der Waals surface area (Å²) in [6.45, 7) is 0. The zero-order valence-electron chi connectivity index (χ0n) is 12.3. The molecule has 2 N–H and O–H groups in total. The Morgan fingerprint density at radius 2 is 2.00 bits per heavy atom. The number of carboxylic acids is 1. The Bertz CT molecular complexity index is 801. The van der Waals surface area contributed by atoms with E-state index < -0.39 is 17.9 Å². The van der Waals surface area contributed by atoms with Crippen molar-refractivity contribution in [2.75, 3.05) is 0 Å². The predicted octanol–water partition coefficient (Wildman–Crippen LogP) is 1.98. The van der Waals surface area contributed by atoms with Crippen molar-refractivity contribution in [3.8, 4) is 0 Å². The van der Waals surface area contributed by atoms with Gasteiger partial charge in [-0.3, -0.25) is 14.4 Å². The zero-order chi connectivity index (χ0) is 17.0. The van der Waals surface area contributed by atoms with E-state index >= 15 is 0 Å². The first-order valence-electron chi connectivity index (χ1n) is 6.82. The Balaban J connectivity index is 2.28. The molecule has 2 rings (SSSR count). The summed E-state index contributed by atoms with van der Waals surface area (Å²) in [6, 6.07) is 8.59. The molecule has 23 heavy (non-hydrogen) atoms. The molecule has 120 valence electrons. The molecule has 0 saturated heterocycles. The molecule has 0 fully saturated rings. The maximum absolute atomic E-state index is 12.3. The standard InChI is InChI=1S/C16H15ClN2O4/c1-19-7-6-10(8-14(19)20)16(23)18-13(9-15(21)22)11-4-2-3-5-12(11)17/h2-8,13H,9H2,1H3,(H,18,23)(H,21,22)/t13-/m0/s1. The molecule has 1 aromatic carbocycles. The molecule has 1 heterocycles. The minimum atomic E-state index is -1.07. The van der Waals surface area contributed by atoms with Crippen LogP contribution in [0.25, 0.3) is 0 Å². The lowest BCUT2D eigenvalue weighted by atomic mass is 10.0. The van der Waals surface area contributed by atoms with Gasteiger partial charge in [0.05, 0.1) is 12.5 Å². The number of aromatic nitrogens is 1. The summed E-state index contributed by atoms with van der Waals surface area (Å²) in [7, 11) is 1.57. The Labute approximate surface area is 137 Å². The maximum atomic E-state index is 12.3. The fraction of sp³-hybridized carbons (Fsp3) is 0.188. The van der Waals surface area contributed by atoms with Gasteiger partial charge in [-0.05, 0) is 17.7 Å². The van der Waals surface area contributed by atoms with Gasteiger partial charge in [0.1, 0.15) is 0 Å². The van der Waals surface area contributed by atoms with E-state index in [1.807, 2.05) is 0 Å². The van der Waals surface area contributed by atoms with Crippen molar-refractivity contribution in [3.05, 3.63) is 69.1 Å². The van der Waals surface area contributed by atoms with Crippen LogP contribution in [-0.4, -0.2) is 21.6 Å². The second kappa shape index (κ2) is 7.11. The summed E-state index contributed by atoms with van der Waals surface area (Å²) in [5.41, 5.74) is 0.342. The van der Waals surface area contributed by atoms with Gasteiger partial charge in [0, 0.05) is 29.9 Å². The number of hydrogen-bond donors (Lipinski definition) is 2. The average Bonchev–Trinajstić information content (AvgIpc) is 2.49. The lowest BCUT2D eigenvalue weighted by Crippen LogP contribution is -2.31. The van der Waals surface area contributed by atoms with Gasteiger partial charge in [0.2, 0.25) is 0 Å². The molecule has 7 heteroatoms. The summed E-state index contributed by atoms with van der Waals surface area (Å²) in [4.78, 5) is 35.0. The monoisotopic (exact) mass is 334 g/mol. The fourth-order valence-corrected chi connectivity index (χ4v) is 2.37. The predicted molar refractivity (Wildman–Crippen MR) is 85.6 cm³/mol. The van der Waals surface area contributed by atoms with E-state index in [4.69, 9.17) is 16.7 Å². The number of amides is 1. The highest BCUT2D eigenvalue weighted by molar-refractivity contribution is 6.31. The van der Waals surface area contributed by atoms with Crippen molar-refractivity contribution in [1.29, 1.82) is 0 Å². The van der Waals surface area contributed by atoms with Gasteiger partial charge >= 0.3 is 5.97 Å². The van der Waals surface area contributed by atoms with Crippen LogP contribution in [-0.2, 0) is 11.8 Å². The van der Waals surface area contributed by atoms with Crippen molar-refractivity contribution < 1.29 is 14.7 Å². The normalized spacial score (nSPS) is 11.7. The van der Waals surface area contributed by atoms with Crippen LogP contribution < -0.4 is 10.9 Å². The summed E-state index contributed by atoms with van der Waals surface area (Å²) >= 11 is 6.08. The second-order valence-corrected chi connectivity index (χ2v) is 5.42. The Hall–Kier alpha value is -2.60. The molecule has 1 aromatic heterocycles. The second-order valence-electron chi connectivity index (χ2n) is 5.01. The van der Waals surface area contributed by atoms with Gasteiger partial charge < -0.3 is 15.0 Å². The van der Waals surface area contributed by atoms with Crippen LogP contribution in [0.3, 0.4) is 0 Å². The van der Waals surface area contributed by atoms with Crippen molar-refractivity contribution >= 4 is 23.5 Å². The Morgan fingerprint density at radius 1 is 1.30 bits per heavy atom. The molecule has 6 nitrogen and oxygen atoms in total. The molecule has 1 atom stereocenters. The fourth-order valence-electron chi connectivity index (χ4n) is 2.10. The summed E-state index contributed by atoms with van der Waals surface area (Å²) < 4.78 is 1.33. The number of rotatable bonds is 5. The van der Waals surface area contributed by atoms with Crippen LogP contribution >= 0.6 is 11.6 Å². The van der Waals surface area contributed by atoms with Gasteiger partial charge in [0.25, 0.3) is 11.5 Å². The molecule has 0 unspecified atom stereocenters. The molecule has 0 aliphatic heterocycles. The van der Waals surface area contributed by atoms with Gasteiger partial charge in [-0.15, -0.1) is 0 Å². The number of benzene rings is 1. The number of hydrogen-bond acceptors (Lipinski definition) is 3. The van der Waals surface area contributed by atoms with Crippen molar-refractivity contribution in [3.63, 3.8) is 0 Å². The highest BCUT2D eigenvalue weighted by Gasteiger charge is 2.21. The molecule has 0 spiro atoms. The van der Waals surface area contributed by atoms with Crippen LogP contribution in [0.15, 0.2) is 47.4 Å². The first-order chi connectivity index (χ1) is 10.9. The van der Waals surface area contributed by atoms with Gasteiger partial charge in [-0.25, -0.2) is 0 Å². The molecule has 0 radical (unpaired) electrons. The number of carbonyl (C=O) groups excluding carboxylic acids is 1. The van der Waals surface area contributed by atoms with Crippen molar-refractivity contribution in [1.82, 2.24) is 9.88 Å². The number of aliphatic carboxylic acids is 1. The molecule has 0 saturated carbocycles. The topological polar surface area (TPSA) is 88.4 Å². The number of pyridine rings is 1. The van der Waals surface area contributed by atoms with Crippen molar-refractivity contribution in [2.45, 2.75) is 12.5 Å². The lowest BCUT2D eigenvalue weighted by Gasteiger charge is -2.18. The minimum Gasteiger partial charge on any atom is -0.481 e. The largest absolute Gasteiger partial charge is 0.481 e. The van der Waals surface area contributed by atoms with Crippen LogP contribution in [0.2, 0.25) is 5.02 Å². The lowest BCUT2D eigenvalue weighted by molar-refractivity contribution is -0.137. The average molecular weight is 335 g/mol. The van der Waals surface area contributed by atoms with Crippen LogP contribution in [0.1, 0.15) is 28.4 Å². The molecular formula is C16H15ClN2O4. The molecule has 1 amide bonds. The van der Waals surface area contributed by atoms with Crippen LogP contribution in [0, 0.1) is 0 Å². The van der Waals surface area contributed by atoms with E-state index in [1.165, 1.54) is 22.9 Å². The van der Waals surface area contributed by atoms with E-state index in [1.54, 1.807) is 31.3 Å².